The molecule has 0 spiro atoms. The summed E-state index contributed by atoms with van der Waals surface area (Å²) in [6.07, 6.45) is -0.407. The van der Waals surface area contributed by atoms with E-state index in [0.717, 1.165) is 11.1 Å². The fourth-order valence-electron chi connectivity index (χ4n) is 3.26. The van der Waals surface area contributed by atoms with Gasteiger partial charge < -0.3 is 14.2 Å². The molecule has 1 saturated heterocycles. The lowest BCUT2D eigenvalue weighted by atomic mass is 9.84. The monoisotopic (exact) mass is 391 g/mol. The van der Waals surface area contributed by atoms with Gasteiger partial charge in [0, 0.05) is 0 Å². The summed E-state index contributed by atoms with van der Waals surface area (Å²) >= 11 is 0. The van der Waals surface area contributed by atoms with E-state index >= 15 is 0 Å². The van der Waals surface area contributed by atoms with Crippen molar-refractivity contribution in [1.82, 2.24) is 4.90 Å². The molecule has 1 aliphatic heterocycles. The topological polar surface area (TPSA) is 65.1 Å². The van der Waals surface area contributed by atoms with Gasteiger partial charge in [0.2, 0.25) is 0 Å². The molecule has 1 aliphatic rings. The number of rotatable bonds is 4. The molecule has 1 amide bonds. The van der Waals surface area contributed by atoms with Crippen LogP contribution < -0.4 is 0 Å². The van der Waals surface area contributed by atoms with Crippen LogP contribution in [0.2, 0.25) is 0 Å². The first-order valence-corrected chi connectivity index (χ1v) is 9.73. The third kappa shape index (κ3) is 4.66. The van der Waals surface area contributed by atoms with Crippen LogP contribution in [0.1, 0.15) is 72.6 Å². The molecule has 2 rings (SSSR count). The molecule has 0 radical (unpaired) electrons. The SMILES string of the molecule is CCOC(=O)C(C)(C)c1ccc([C@H]2COC(C)(C)N2C(=O)OC(C)(C)C)cc1. The number of esters is 1. The molecule has 0 saturated carbocycles. The summed E-state index contributed by atoms with van der Waals surface area (Å²) < 4.78 is 16.7. The van der Waals surface area contributed by atoms with E-state index in [9.17, 15) is 9.59 Å². The minimum Gasteiger partial charge on any atom is -0.465 e. The van der Waals surface area contributed by atoms with E-state index in [0.29, 0.717) is 13.2 Å². The zero-order chi connectivity index (χ0) is 21.3. The van der Waals surface area contributed by atoms with Gasteiger partial charge >= 0.3 is 12.1 Å². The van der Waals surface area contributed by atoms with Gasteiger partial charge in [0.1, 0.15) is 11.3 Å². The molecule has 0 N–H and O–H groups in total. The zero-order valence-electron chi connectivity index (χ0n) is 18.3. The van der Waals surface area contributed by atoms with Crippen LogP contribution in [0.3, 0.4) is 0 Å². The number of hydrogen-bond acceptors (Lipinski definition) is 5. The third-order valence-electron chi connectivity index (χ3n) is 4.88. The fraction of sp³-hybridized carbons (Fsp3) is 0.636. The highest BCUT2D eigenvalue weighted by Crippen LogP contribution is 2.38. The molecule has 1 aromatic rings. The first kappa shape index (κ1) is 22.2. The zero-order valence-corrected chi connectivity index (χ0v) is 18.3. The summed E-state index contributed by atoms with van der Waals surface area (Å²) in [5.74, 6) is -0.261. The Balaban J connectivity index is 2.28. The second-order valence-electron chi connectivity index (χ2n) is 9.09. The summed E-state index contributed by atoms with van der Waals surface area (Å²) in [5, 5.41) is 0. The molecule has 1 atom stereocenters. The van der Waals surface area contributed by atoms with Crippen LogP contribution in [-0.2, 0) is 24.4 Å². The Morgan fingerprint density at radius 1 is 1.14 bits per heavy atom. The number of hydrogen-bond donors (Lipinski definition) is 0. The first-order valence-electron chi connectivity index (χ1n) is 9.73. The number of amides is 1. The van der Waals surface area contributed by atoms with E-state index in [1.807, 2.05) is 72.7 Å². The standard InChI is InChI=1S/C22H33NO5/c1-9-26-18(24)21(5,6)16-12-10-15(11-13-16)17-14-27-22(7,8)23(17)19(25)28-20(2,3)4/h10-13,17H,9,14H2,1-8H3/t17-/m1/s1. The van der Waals surface area contributed by atoms with Gasteiger partial charge in [-0.15, -0.1) is 0 Å². The minimum absolute atomic E-state index is 0.260. The molecule has 28 heavy (non-hydrogen) atoms. The Labute approximate surface area is 168 Å². The molecule has 0 aliphatic carbocycles. The Kier molecular flexibility index (Phi) is 6.14. The Morgan fingerprint density at radius 3 is 2.21 bits per heavy atom. The number of benzene rings is 1. The van der Waals surface area contributed by atoms with Crippen molar-refractivity contribution in [3.05, 3.63) is 35.4 Å². The minimum atomic E-state index is -0.768. The van der Waals surface area contributed by atoms with Gasteiger partial charge in [-0.25, -0.2) is 4.79 Å². The van der Waals surface area contributed by atoms with Gasteiger partial charge in [0.05, 0.1) is 24.7 Å². The van der Waals surface area contributed by atoms with E-state index in [1.165, 1.54) is 0 Å². The second kappa shape index (κ2) is 7.74. The molecule has 0 bridgehead atoms. The summed E-state index contributed by atoms with van der Waals surface area (Å²) in [6.45, 7) is 15.5. The van der Waals surface area contributed by atoms with Crippen LogP contribution in [0.15, 0.2) is 24.3 Å². The Hall–Kier alpha value is -2.08. The van der Waals surface area contributed by atoms with Crippen molar-refractivity contribution < 1.29 is 23.8 Å². The van der Waals surface area contributed by atoms with Crippen LogP contribution in [-0.4, -0.2) is 41.5 Å². The quantitative estimate of drug-likeness (QED) is 0.704. The molecular formula is C22H33NO5. The van der Waals surface area contributed by atoms with E-state index in [1.54, 1.807) is 11.8 Å². The van der Waals surface area contributed by atoms with Crippen molar-refractivity contribution in [3.8, 4) is 0 Å². The molecule has 1 aromatic carbocycles. The maximum atomic E-state index is 12.8. The molecule has 156 valence electrons. The predicted octanol–water partition coefficient (Wildman–Crippen LogP) is 4.57. The van der Waals surface area contributed by atoms with Gasteiger partial charge in [-0.2, -0.15) is 0 Å². The van der Waals surface area contributed by atoms with E-state index in [-0.39, 0.29) is 12.0 Å². The molecule has 1 fully saturated rings. The smallest absolute Gasteiger partial charge is 0.413 e. The number of ether oxygens (including phenoxy) is 3. The predicted molar refractivity (Wildman–Crippen MR) is 107 cm³/mol. The number of nitrogens with zero attached hydrogens (tertiary/aromatic N) is 1. The lowest BCUT2D eigenvalue weighted by Crippen LogP contribution is -2.47. The van der Waals surface area contributed by atoms with E-state index in [2.05, 4.69) is 0 Å². The molecule has 6 nitrogen and oxygen atoms in total. The van der Waals surface area contributed by atoms with Crippen molar-refractivity contribution in [2.24, 2.45) is 0 Å². The summed E-state index contributed by atoms with van der Waals surface area (Å²) in [5.41, 5.74) is -0.314. The lowest BCUT2D eigenvalue weighted by molar-refractivity contribution is -0.148. The van der Waals surface area contributed by atoms with Gasteiger partial charge in [-0.1, -0.05) is 24.3 Å². The largest absolute Gasteiger partial charge is 0.465 e. The summed E-state index contributed by atoms with van der Waals surface area (Å²) in [6, 6.07) is 7.42. The summed E-state index contributed by atoms with van der Waals surface area (Å²) in [7, 11) is 0. The average molecular weight is 392 g/mol. The highest BCUT2D eigenvalue weighted by atomic mass is 16.6. The van der Waals surface area contributed by atoms with Crippen LogP contribution in [0, 0.1) is 0 Å². The maximum Gasteiger partial charge on any atom is 0.413 e. The van der Waals surface area contributed by atoms with Gasteiger partial charge in [0.25, 0.3) is 0 Å². The summed E-state index contributed by atoms with van der Waals surface area (Å²) in [4.78, 5) is 26.7. The normalized spacial score (nSPS) is 19.4. The molecule has 0 aromatic heterocycles. The first-order chi connectivity index (χ1) is 12.8. The Bertz CT molecular complexity index is 715. The van der Waals surface area contributed by atoms with Crippen molar-refractivity contribution in [2.45, 2.75) is 78.2 Å². The maximum absolute atomic E-state index is 12.8. The van der Waals surface area contributed by atoms with Gasteiger partial charge in [0.15, 0.2) is 0 Å². The average Bonchev–Trinajstić information content (AvgIpc) is 2.89. The molecule has 6 heteroatoms. The number of carbonyl (C=O) groups is 2. The highest BCUT2D eigenvalue weighted by Gasteiger charge is 2.46. The third-order valence-corrected chi connectivity index (χ3v) is 4.88. The van der Waals surface area contributed by atoms with Crippen molar-refractivity contribution in [1.29, 1.82) is 0 Å². The molecule has 1 heterocycles. The lowest BCUT2D eigenvalue weighted by Gasteiger charge is -2.35. The fourth-order valence-corrected chi connectivity index (χ4v) is 3.26. The highest BCUT2D eigenvalue weighted by molar-refractivity contribution is 5.82. The molecular weight excluding hydrogens is 358 g/mol. The van der Waals surface area contributed by atoms with E-state index in [4.69, 9.17) is 14.2 Å². The van der Waals surface area contributed by atoms with Crippen LogP contribution in [0.25, 0.3) is 0 Å². The van der Waals surface area contributed by atoms with Crippen LogP contribution in [0.4, 0.5) is 4.79 Å². The van der Waals surface area contributed by atoms with Crippen molar-refractivity contribution in [3.63, 3.8) is 0 Å². The Morgan fingerprint density at radius 2 is 1.71 bits per heavy atom. The van der Waals surface area contributed by atoms with Gasteiger partial charge in [-0.05, 0) is 66.5 Å². The van der Waals surface area contributed by atoms with E-state index < -0.39 is 22.8 Å². The van der Waals surface area contributed by atoms with Crippen molar-refractivity contribution in [2.75, 3.05) is 13.2 Å². The van der Waals surface area contributed by atoms with Crippen LogP contribution in [0.5, 0.6) is 0 Å². The van der Waals surface area contributed by atoms with Gasteiger partial charge in [-0.3, -0.25) is 9.69 Å². The van der Waals surface area contributed by atoms with Crippen molar-refractivity contribution >= 4 is 12.1 Å². The number of carbonyl (C=O) groups excluding carboxylic acids is 2. The van der Waals surface area contributed by atoms with Crippen LogP contribution >= 0.6 is 0 Å². The molecule has 0 unspecified atom stereocenters. The second-order valence-corrected chi connectivity index (χ2v) is 9.09.